The van der Waals surface area contributed by atoms with E-state index < -0.39 is 17.7 Å². The maximum Gasteiger partial charge on any atom is 0.281 e. The van der Waals surface area contributed by atoms with Gasteiger partial charge in [0.05, 0.1) is 12.0 Å². The van der Waals surface area contributed by atoms with Crippen molar-refractivity contribution in [1.29, 1.82) is 0 Å². The highest BCUT2D eigenvalue weighted by Gasteiger charge is 2.15. The first kappa shape index (κ1) is 17.5. The number of methoxy groups -OCH3 is 1. The van der Waals surface area contributed by atoms with Crippen molar-refractivity contribution in [2.75, 3.05) is 7.11 Å². The summed E-state index contributed by atoms with van der Waals surface area (Å²) in [6, 6.07) is 25.4. The Balaban J connectivity index is 2.11. The molecule has 0 radical (unpaired) electrons. The number of hydrogen-bond donors (Lipinski definition) is 0. The molecule has 0 fully saturated rings. The summed E-state index contributed by atoms with van der Waals surface area (Å²) >= 11 is 0. The van der Waals surface area contributed by atoms with Crippen LogP contribution in [0, 0.1) is 0 Å². The van der Waals surface area contributed by atoms with Crippen LogP contribution in [0.1, 0.15) is 0 Å². The lowest BCUT2D eigenvalue weighted by Gasteiger charge is -2.09. The normalized spacial score (nSPS) is 11.3. The SMILES string of the molecule is COc1ccc(S(=O)(=O)N=[PH](c2ccccc2)c2ccccc2)cc1. The zero-order chi connectivity index (χ0) is 17.7. The molecule has 25 heavy (non-hydrogen) atoms. The number of nitrogens with zero attached hydrogens (tertiary/aromatic N) is 1. The Morgan fingerprint density at radius 3 is 1.68 bits per heavy atom. The molecule has 6 heteroatoms. The van der Waals surface area contributed by atoms with Crippen LogP contribution >= 0.6 is 7.71 Å². The Labute approximate surface area is 148 Å². The molecule has 0 unspecified atom stereocenters. The highest BCUT2D eigenvalue weighted by atomic mass is 32.2. The number of benzene rings is 3. The number of sulfonamides is 1. The van der Waals surface area contributed by atoms with Gasteiger partial charge in [0.1, 0.15) is 5.75 Å². The van der Waals surface area contributed by atoms with Crippen LogP contribution in [-0.4, -0.2) is 15.5 Å². The highest BCUT2D eigenvalue weighted by Crippen LogP contribution is 2.29. The maximum atomic E-state index is 12.8. The third kappa shape index (κ3) is 4.19. The van der Waals surface area contributed by atoms with Crippen molar-refractivity contribution in [2.24, 2.45) is 4.15 Å². The molecule has 3 aromatic carbocycles. The van der Waals surface area contributed by atoms with Crippen LogP contribution in [0.2, 0.25) is 0 Å². The molecule has 0 heterocycles. The van der Waals surface area contributed by atoms with Gasteiger partial charge < -0.3 is 4.74 Å². The maximum absolute atomic E-state index is 12.8. The summed E-state index contributed by atoms with van der Waals surface area (Å²) in [4.78, 5) is 0.169. The molecule has 128 valence electrons. The van der Waals surface area contributed by atoms with E-state index >= 15 is 0 Å². The van der Waals surface area contributed by atoms with Crippen molar-refractivity contribution in [3.05, 3.63) is 84.9 Å². The van der Waals surface area contributed by atoms with E-state index in [1.165, 1.54) is 12.1 Å². The van der Waals surface area contributed by atoms with E-state index in [2.05, 4.69) is 4.15 Å². The highest BCUT2D eigenvalue weighted by molar-refractivity contribution is 7.94. The second kappa shape index (κ2) is 7.68. The van der Waals surface area contributed by atoms with Gasteiger partial charge >= 0.3 is 0 Å². The zero-order valence-corrected chi connectivity index (χ0v) is 15.5. The van der Waals surface area contributed by atoms with Crippen LogP contribution in [0.4, 0.5) is 0 Å². The summed E-state index contributed by atoms with van der Waals surface area (Å²) in [5, 5.41) is 1.85. The van der Waals surface area contributed by atoms with Crippen molar-refractivity contribution in [1.82, 2.24) is 0 Å². The summed E-state index contributed by atoms with van der Waals surface area (Å²) < 4.78 is 35.0. The summed E-state index contributed by atoms with van der Waals surface area (Å²) in [5.41, 5.74) is 0. The predicted octanol–water partition coefficient (Wildman–Crippen LogP) is 3.43. The Morgan fingerprint density at radius 1 is 0.760 bits per heavy atom. The minimum atomic E-state index is -3.77. The molecule has 3 aromatic rings. The fourth-order valence-electron chi connectivity index (χ4n) is 2.38. The predicted molar refractivity (Wildman–Crippen MR) is 103 cm³/mol. The molecular formula is C19H18NO3PS. The van der Waals surface area contributed by atoms with Gasteiger partial charge in [0.15, 0.2) is 0 Å². The van der Waals surface area contributed by atoms with Gasteiger partial charge in [0, 0.05) is 7.71 Å². The monoisotopic (exact) mass is 371 g/mol. The fourth-order valence-corrected chi connectivity index (χ4v) is 6.44. The molecule has 0 bridgehead atoms. The standard InChI is InChI=1S/C19H18NO3PS/c1-23-16-12-14-19(15-13-16)25(21,22)20-24(17-8-4-2-5-9-17)18-10-6-3-7-11-18/h2-15,24H,1H3. The van der Waals surface area contributed by atoms with E-state index in [1.807, 2.05) is 60.7 Å². The van der Waals surface area contributed by atoms with E-state index in [0.717, 1.165) is 10.6 Å². The zero-order valence-electron chi connectivity index (χ0n) is 13.7. The third-order valence-corrected chi connectivity index (χ3v) is 7.98. The molecule has 0 aromatic heterocycles. The first-order valence-electron chi connectivity index (χ1n) is 7.70. The second-order valence-corrected chi connectivity index (χ2v) is 9.33. The van der Waals surface area contributed by atoms with Gasteiger partial charge in [-0.05, 0) is 34.9 Å². The van der Waals surface area contributed by atoms with Crippen molar-refractivity contribution in [2.45, 2.75) is 4.90 Å². The molecular weight excluding hydrogens is 353 g/mol. The van der Waals surface area contributed by atoms with E-state index in [0.29, 0.717) is 5.75 Å². The minimum absolute atomic E-state index is 0.169. The Bertz CT molecular complexity index is 929. The van der Waals surface area contributed by atoms with Crippen molar-refractivity contribution in [3.63, 3.8) is 0 Å². The van der Waals surface area contributed by atoms with E-state index in [9.17, 15) is 8.42 Å². The molecule has 0 aliphatic carbocycles. The Hall–Kier alpha value is -2.36. The molecule has 4 nitrogen and oxygen atoms in total. The van der Waals surface area contributed by atoms with Crippen LogP contribution < -0.4 is 15.3 Å². The van der Waals surface area contributed by atoms with Gasteiger partial charge in [-0.25, -0.2) is 0 Å². The van der Waals surface area contributed by atoms with E-state index in [4.69, 9.17) is 4.74 Å². The van der Waals surface area contributed by atoms with Crippen molar-refractivity contribution in [3.8, 4) is 5.75 Å². The van der Waals surface area contributed by atoms with Crippen LogP contribution in [0.3, 0.4) is 0 Å². The van der Waals surface area contributed by atoms with Crippen molar-refractivity contribution >= 4 is 28.3 Å². The first-order valence-corrected chi connectivity index (χ1v) is 10.6. The third-order valence-electron chi connectivity index (χ3n) is 3.66. The topological polar surface area (TPSA) is 55.7 Å². The van der Waals surface area contributed by atoms with Gasteiger partial charge in [0.2, 0.25) is 0 Å². The number of hydrogen-bond acceptors (Lipinski definition) is 3. The molecule has 3 rings (SSSR count). The average Bonchev–Trinajstić information content (AvgIpc) is 2.67. The molecule has 0 saturated carbocycles. The van der Waals surface area contributed by atoms with Gasteiger partial charge in [-0.3, -0.25) is 0 Å². The van der Waals surface area contributed by atoms with Gasteiger partial charge in [-0.2, -0.15) is 12.6 Å². The van der Waals surface area contributed by atoms with Gasteiger partial charge in [0.25, 0.3) is 10.0 Å². The minimum Gasteiger partial charge on any atom is -0.497 e. The Morgan fingerprint density at radius 2 is 1.24 bits per heavy atom. The summed E-state index contributed by atoms with van der Waals surface area (Å²) in [5.74, 6) is 0.607. The summed E-state index contributed by atoms with van der Waals surface area (Å²) in [6.07, 6.45) is 0. The molecule has 0 aliphatic heterocycles. The average molecular weight is 371 g/mol. The number of rotatable bonds is 5. The molecule has 0 aliphatic rings. The van der Waals surface area contributed by atoms with Gasteiger partial charge in [-0.15, -0.1) is 0 Å². The molecule has 0 amide bonds. The van der Waals surface area contributed by atoms with Crippen LogP contribution in [0.25, 0.3) is 0 Å². The summed E-state index contributed by atoms with van der Waals surface area (Å²) in [7, 11) is -4.04. The van der Waals surface area contributed by atoms with E-state index in [1.54, 1.807) is 19.2 Å². The summed E-state index contributed by atoms with van der Waals surface area (Å²) in [6.45, 7) is 0. The second-order valence-electron chi connectivity index (χ2n) is 5.32. The molecule has 0 atom stereocenters. The lowest BCUT2D eigenvalue weighted by molar-refractivity contribution is 0.414. The smallest absolute Gasteiger partial charge is 0.281 e. The number of ether oxygens (including phenoxy) is 1. The lowest BCUT2D eigenvalue weighted by Crippen LogP contribution is -2.08. The van der Waals surface area contributed by atoms with E-state index in [-0.39, 0.29) is 4.90 Å². The fraction of sp³-hybridized carbons (Fsp3) is 0.0526. The lowest BCUT2D eigenvalue weighted by atomic mass is 10.3. The van der Waals surface area contributed by atoms with Crippen LogP contribution in [0.15, 0.2) is 94.0 Å². The quantitative estimate of drug-likeness (QED) is 0.646. The van der Waals surface area contributed by atoms with Crippen LogP contribution in [-0.2, 0) is 10.0 Å². The Kier molecular flexibility index (Phi) is 5.37. The first-order chi connectivity index (χ1) is 12.1. The van der Waals surface area contributed by atoms with Crippen molar-refractivity contribution < 1.29 is 13.2 Å². The molecule has 0 saturated heterocycles. The van der Waals surface area contributed by atoms with Crippen LogP contribution in [0.5, 0.6) is 5.75 Å². The van der Waals surface area contributed by atoms with Gasteiger partial charge in [-0.1, -0.05) is 60.7 Å². The molecule has 0 N–H and O–H groups in total. The largest absolute Gasteiger partial charge is 0.497 e. The molecule has 0 spiro atoms.